The van der Waals surface area contributed by atoms with Gasteiger partial charge in [-0.1, -0.05) is 0 Å². The molecule has 0 bridgehead atoms. The summed E-state index contributed by atoms with van der Waals surface area (Å²) < 4.78 is 9.48. The average molecular weight is 108 g/mol. The van der Waals surface area contributed by atoms with Gasteiger partial charge in [-0.25, -0.2) is 0 Å². The molecule has 0 unspecified atom stereocenters. The van der Waals surface area contributed by atoms with Crippen LogP contribution in [0.2, 0.25) is 0 Å². The first kappa shape index (κ1) is 6.35. The number of hydrogen-bond donors (Lipinski definition) is 0. The van der Waals surface area contributed by atoms with E-state index in [2.05, 4.69) is 0 Å². The Bertz CT molecular complexity index is 28.0. The van der Waals surface area contributed by atoms with Crippen LogP contribution in [0.15, 0.2) is 0 Å². The molecule has 0 saturated carbocycles. The third kappa shape index (κ3) is 2.58. The van der Waals surface area contributed by atoms with E-state index in [4.69, 9.17) is 9.05 Å². The van der Waals surface area contributed by atoms with Gasteiger partial charge in [-0.3, -0.25) is 0 Å². The van der Waals surface area contributed by atoms with Crippen LogP contribution < -0.4 is 0 Å². The molecule has 0 saturated heterocycles. The van der Waals surface area contributed by atoms with Crippen molar-refractivity contribution < 1.29 is 9.05 Å². The minimum Gasteiger partial charge on any atom is -0.338 e. The van der Waals surface area contributed by atoms with Gasteiger partial charge in [-0.15, -0.1) is 0 Å². The first-order valence-corrected chi connectivity index (χ1v) is 3.25. The molecule has 0 aliphatic heterocycles. The molecular formula is C3H9O2P. The summed E-state index contributed by atoms with van der Waals surface area (Å²) in [6.07, 6.45) is 0. The molecule has 0 heterocycles. The number of rotatable bonds is 2. The molecule has 2 nitrogen and oxygen atoms in total. The van der Waals surface area contributed by atoms with Crippen molar-refractivity contribution in [2.24, 2.45) is 0 Å². The van der Waals surface area contributed by atoms with Crippen LogP contribution in [0, 0.1) is 0 Å². The van der Waals surface area contributed by atoms with Gasteiger partial charge in [0.25, 0.3) is 0 Å². The van der Waals surface area contributed by atoms with Gasteiger partial charge in [0.2, 0.25) is 0 Å². The summed E-state index contributed by atoms with van der Waals surface area (Å²) in [6, 6.07) is 0. The smallest absolute Gasteiger partial charge is 0.166 e. The molecule has 0 N–H and O–H groups in total. The van der Waals surface area contributed by atoms with E-state index >= 15 is 0 Å². The molecule has 0 aliphatic carbocycles. The Hall–Kier alpha value is 0.350. The topological polar surface area (TPSA) is 18.5 Å². The molecular weight excluding hydrogens is 99.0 g/mol. The quantitative estimate of drug-likeness (QED) is 0.495. The molecule has 0 fully saturated rings. The van der Waals surface area contributed by atoms with E-state index in [1.807, 2.05) is 6.66 Å². The van der Waals surface area contributed by atoms with Crippen LogP contribution in [0.1, 0.15) is 0 Å². The molecule has 0 aromatic heterocycles. The normalized spacial score (nSPS) is 10.0. The van der Waals surface area contributed by atoms with E-state index < -0.39 is 8.38 Å². The van der Waals surface area contributed by atoms with Gasteiger partial charge in [-0.2, -0.15) is 0 Å². The second kappa shape index (κ2) is 3.54. The van der Waals surface area contributed by atoms with Gasteiger partial charge in [0, 0.05) is 20.9 Å². The van der Waals surface area contributed by atoms with Gasteiger partial charge < -0.3 is 9.05 Å². The Morgan fingerprint density at radius 3 is 1.50 bits per heavy atom. The lowest BCUT2D eigenvalue weighted by molar-refractivity contribution is 0.346. The van der Waals surface area contributed by atoms with Crippen LogP contribution in [0.3, 0.4) is 0 Å². The summed E-state index contributed by atoms with van der Waals surface area (Å²) in [5.74, 6) is 0. The SMILES string of the molecule is COP(C)OC. The average Bonchev–Trinajstić information content (AvgIpc) is 1.65. The van der Waals surface area contributed by atoms with Crippen LogP contribution in [-0.4, -0.2) is 20.9 Å². The zero-order valence-electron chi connectivity index (χ0n) is 4.26. The minimum absolute atomic E-state index is 0.576. The van der Waals surface area contributed by atoms with Gasteiger partial charge in [-0.05, 0) is 0 Å². The molecule has 0 rings (SSSR count). The van der Waals surface area contributed by atoms with Crippen molar-refractivity contribution >= 4 is 8.38 Å². The fourth-order valence-corrected chi connectivity index (χ4v) is 0.224. The number of hydrogen-bond acceptors (Lipinski definition) is 2. The molecule has 0 aromatic carbocycles. The maximum absolute atomic E-state index is 4.74. The molecule has 0 spiro atoms. The van der Waals surface area contributed by atoms with Gasteiger partial charge >= 0.3 is 0 Å². The fraction of sp³-hybridized carbons (Fsp3) is 1.00. The van der Waals surface area contributed by atoms with E-state index in [9.17, 15) is 0 Å². The van der Waals surface area contributed by atoms with Crippen LogP contribution in [0.5, 0.6) is 0 Å². The van der Waals surface area contributed by atoms with E-state index in [1.54, 1.807) is 14.2 Å². The maximum atomic E-state index is 4.74. The van der Waals surface area contributed by atoms with Crippen molar-refractivity contribution in [3.05, 3.63) is 0 Å². The molecule has 0 amide bonds. The molecule has 0 aromatic rings. The second-order valence-corrected chi connectivity index (χ2v) is 2.41. The predicted molar refractivity (Wildman–Crippen MR) is 26.9 cm³/mol. The summed E-state index contributed by atoms with van der Waals surface area (Å²) in [6.45, 7) is 1.90. The summed E-state index contributed by atoms with van der Waals surface area (Å²) in [5.41, 5.74) is 0. The summed E-state index contributed by atoms with van der Waals surface area (Å²) in [7, 11) is 2.69. The van der Waals surface area contributed by atoms with Crippen LogP contribution in [-0.2, 0) is 9.05 Å². The highest BCUT2D eigenvalue weighted by molar-refractivity contribution is 7.46. The Balaban J connectivity index is 2.75. The molecule has 0 aliphatic rings. The predicted octanol–water partition coefficient (Wildman–Crippen LogP) is 1.22. The molecule has 3 heteroatoms. The second-order valence-electron chi connectivity index (χ2n) is 0.805. The molecule has 38 valence electrons. The monoisotopic (exact) mass is 108 g/mol. The van der Waals surface area contributed by atoms with E-state index in [0.717, 1.165) is 0 Å². The zero-order chi connectivity index (χ0) is 4.99. The van der Waals surface area contributed by atoms with Crippen LogP contribution in [0.25, 0.3) is 0 Å². The maximum Gasteiger partial charge on any atom is 0.166 e. The van der Waals surface area contributed by atoms with Gasteiger partial charge in [0.15, 0.2) is 8.38 Å². The van der Waals surface area contributed by atoms with Crippen LogP contribution in [0.4, 0.5) is 0 Å². The zero-order valence-corrected chi connectivity index (χ0v) is 5.16. The fourth-order valence-electron chi connectivity index (χ4n) is 0.0745. The van der Waals surface area contributed by atoms with E-state index in [-0.39, 0.29) is 0 Å². The van der Waals surface area contributed by atoms with Crippen molar-refractivity contribution in [2.75, 3.05) is 20.9 Å². The Morgan fingerprint density at radius 1 is 1.17 bits per heavy atom. The van der Waals surface area contributed by atoms with Gasteiger partial charge in [0.1, 0.15) is 0 Å². The van der Waals surface area contributed by atoms with E-state index in [0.29, 0.717) is 0 Å². The van der Waals surface area contributed by atoms with Gasteiger partial charge in [0.05, 0.1) is 0 Å². The highest BCUT2D eigenvalue weighted by atomic mass is 31.2. The lowest BCUT2D eigenvalue weighted by Gasteiger charge is -2.01. The summed E-state index contributed by atoms with van der Waals surface area (Å²) in [5, 5.41) is 0. The standard InChI is InChI=1S/C3H9O2P/c1-4-6(3)5-2/h1-3H3. The Kier molecular flexibility index (Phi) is 3.74. The van der Waals surface area contributed by atoms with Crippen molar-refractivity contribution in [1.82, 2.24) is 0 Å². The van der Waals surface area contributed by atoms with E-state index in [1.165, 1.54) is 0 Å². The summed E-state index contributed by atoms with van der Waals surface area (Å²) >= 11 is 0. The Labute approximate surface area is 39.4 Å². The summed E-state index contributed by atoms with van der Waals surface area (Å²) in [4.78, 5) is 0. The Morgan fingerprint density at radius 2 is 1.50 bits per heavy atom. The lowest BCUT2D eigenvalue weighted by atomic mass is 11.8. The largest absolute Gasteiger partial charge is 0.338 e. The third-order valence-corrected chi connectivity index (χ3v) is 1.54. The van der Waals surface area contributed by atoms with Crippen molar-refractivity contribution in [3.8, 4) is 0 Å². The van der Waals surface area contributed by atoms with Crippen molar-refractivity contribution in [3.63, 3.8) is 0 Å². The van der Waals surface area contributed by atoms with Crippen molar-refractivity contribution in [1.29, 1.82) is 0 Å². The molecule has 0 radical (unpaired) electrons. The van der Waals surface area contributed by atoms with Crippen molar-refractivity contribution in [2.45, 2.75) is 0 Å². The molecule has 0 atom stereocenters. The third-order valence-electron chi connectivity index (χ3n) is 0.514. The first-order valence-electron chi connectivity index (χ1n) is 1.63. The lowest BCUT2D eigenvalue weighted by Crippen LogP contribution is -1.74. The van der Waals surface area contributed by atoms with Crippen LogP contribution >= 0.6 is 8.38 Å². The highest BCUT2D eigenvalue weighted by Gasteiger charge is 1.89. The highest BCUT2D eigenvalue weighted by Crippen LogP contribution is 2.29. The first-order chi connectivity index (χ1) is 2.81. The minimum atomic E-state index is -0.576. The molecule has 6 heavy (non-hydrogen) atoms.